The molecular formula is C16H32O4. The van der Waals surface area contributed by atoms with Gasteiger partial charge in [-0.2, -0.15) is 0 Å². The molecule has 4 nitrogen and oxygen atoms in total. The van der Waals surface area contributed by atoms with Gasteiger partial charge in [0.25, 0.3) is 0 Å². The third kappa shape index (κ3) is 13.8. The summed E-state index contributed by atoms with van der Waals surface area (Å²) < 4.78 is 0. The van der Waals surface area contributed by atoms with Crippen LogP contribution in [-0.2, 0) is 4.79 Å². The van der Waals surface area contributed by atoms with E-state index in [0.717, 1.165) is 12.8 Å². The molecular weight excluding hydrogens is 256 g/mol. The summed E-state index contributed by atoms with van der Waals surface area (Å²) in [6.45, 7) is 2.22. The Bertz CT molecular complexity index is 231. The van der Waals surface area contributed by atoms with E-state index in [0.29, 0.717) is 6.42 Å². The molecule has 2 atom stereocenters. The molecule has 4 heteroatoms. The highest BCUT2D eigenvalue weighted by Crippen LogP contribution is 2.13. The molecule has 0 amide bonds. The molecule has 0 fully saturated rings. The van der Waals surface area contributed by atoms with Gasteiger partial charge in [0.2, 0.25) is 0 Å². The van der Waals surface area contributed by atoms with Crippen LogP contribution in [0.5, 0.6) is 0 Å². The lowest BCUT2D eigenvalue weighted by Crippen LogP contribution is -2.20. The highest BCUT2D eigenvalue weighted by atomic mass is 16.4. The summed E-state index contributed by atoms with van der Waals surface area (Å²) in [6, 6.07) is 0. The SMILES string of the molecule is CCCCCCCCCCC[C@H](O)C[C@H](O)CC(=O)O. The van der Waals surface area contributed by atoms with Gasteiger partial charge in [0, 0.05) is 0 Å². The molecule has 0 aliphatic carbocycles. The van der Waals surface area contributed by atoms with Gasteiger partial charge in [-0.3, -0.25) is 4.79 Å². The van der Waals surface area contributed by atoms with Crippen LogP contribution in [-0.4, -0.2) is 33.5 Å². The molecule has 0 unspecified atom stereocenters. The Kier molecular flexibility index (Phi) is 13.0. The predicted octanol–water partition coefficient (Wildman–Crippen LogP) is 3.49. The molecule has 3 N–H and O–H groups in total. The number of carboxylic acids is 1. The smallest absolute Gasteiger partial charge is 0.305 e. The van der Waals surface area contributed by atoms with Crippen LogP contribution in [0.25, 0.3) is 0 Å². The number of aliphatic hydroxyl groups is 2. The van der Waals surface area contributed by atoms with Crippen molar-refractivity contribution in [2.45, 2.75) is 96.2 Å². The summed E-state index contributed by atoms with van der Waals surface area (Å²) in [5.41, 5.74) is 0. The molecule has 0 aromatic carbocycles. The number of hydrogen-bond donors (Lipinski definition) is 3. The number of rotatable bonds is 14. The molecule has 0 bridgehead atoms. The minimum atomic E-state index is -1.02. The standard InChI is InChI=1S/C16H32O4/c1-2-3-4-5-6-7-8-9-10-11-14(17)12-15(18)13-16(19)20/h14-15,17-18H,2-13H2,1H3,(H,19,20)/t14-,15-/m0/s1. The second-order valence-corrected chi connectivity index (χ2v) is 5.76. The van der Waals surface area contributed by atoms with Crippen molar-refractivity contribution in [3.8, 4) is 0 Å². The fourth-order valence-corrected chi connectivity index (χ4v) is 2.41. The van der Waals surface area contributed by atoms with Gasteiger partial charge in [-0.25, -0.2) is 0 Å². The third-order valence-corrected chi connectivity index (χ3v) is 3.60. The van der Waals surface area contributed by atoms with E-state index in [1.165, 1.54) is 44.9 Å². The maximum atomic E-state index is 10.4. The molecule has 0 spiro atoms. The first kappa shape index (κ1) is 19.4. The Morgan fingerprint density at radius 2 is 1.35 bits per heavy atom. The first-order valence-corrected chi connectivity index (χ1v) is 8.14. The van der Waals surface area contributed by atoms with E-state index in [1.807, 2.05) is 0 Å². The molecule has 0 aromatic heterocycles. The topological polar surface area (TPSA) is 77.8 Å². The van der Waals surface area contributed by atoms with Gasteiger partial charge < -0.3 is 15.3 Å². The Labute approximate surface area is 123 Å². The zero-order valence-electron chi connectivity index (χ0n) is 12.9. The molecule has 0 saturated heterocycles. The lowest BCUT2D eigenvalue weighted by Gasteiger charge is -2.14. The van der Waals surface area contributed by atoms with E-state index < -0.39 is 18.2 Å². The largest absolute Gasteiger partial charge is 0.481 e. The van der Waals surface area contributed by atoms with Crippen LogP contribution in [0.4, 0.5) is 0 Å². The summed E-state index contributed by atoms with van der Waals surface area (Å²) >= 11 is 0. The van der Waals surface area contributed by atoms with Crippen molar-refractivity contribution >= 4 is 5.97 Å². The van der Waals surface area contributed by atoms with E-state index in [4.69, 9.17) is 5.11 Å². The van der Waals surface area contributed by atoms with E-state index in [9.17, 15) is 15.0 Å². The molecule has 0 heterocycles. The fourth-order valence-electron chi connectivity index (χ4n) is 2.41. The number of unbranched alkanes of at least 4 members (excludes halogenated alkanes) is 8. The monoisotopic (exact) mass is 288 g/mol. The van der Waals surface area contributed by atoms with Gasteiger partial charge in [-0.05, 0) is 12.8 Å². The van der Waals surface area contributed by atoms with E-state index in [-0.39, 0.29) is 12.8 Å². The second kappa shape index (κ2) is 13.4. The van der Waals surface area contributed by atoms with Crippen LogP contribution in [0.1, 0.15) is 84.0 Å². The van der Waals surface area contributed by atoms with E-state index >= 15 is 0 Å². The maximum absolute atomic E-state index is 10.4. The summed E-state index contributed by atoms with van der Waals surface area (Å²) in [6.07, 6.45) is 10.2. The molecule has 0 saturated carbocycles. The summed E-state index contributed by atoms with van der Waals surface area (Å²) in [5.74, 6) is -1.02. The summed E-state index contributed by atoms with van der Waals surface area (Å²) in [4.78, 5) is 10.4. The lowest BCUT2D eigenvalue weighted by molar-refractivity contribution is -0.139. The van der Waals surface area contributed by atoms with Crippen molar-refractivity contribution in [1.82, 2.24) is 0 Å². The van der Waals surface area contributed by atoms with Crippen molar-refractivity contribution < 1.29 is 20.1 Å². The normalized spacial score (nSPS) is 14.2. The Morgan fingerprint density at radius 3 is 1.85 bits per heavy atom. The first-order chi connectivity index (χ1) is 9.56. The minimum Gasteiger partial charge on any atom is -0.481 e. The Balaban J connectivity index is 3.30. The Morgan fingerprint density at radius 1 is 0.850 bits per heavy atom. The van der Waals surface area contributed by atoms with Crippen LogP contribution in [0, 0.1) is 0 Å². The van der Waals surface area contributed by atoms with Crippen molar-refractivity contribution in [1.29, 1.82) is 0 Å². The van der Waals surface area contributed by atoms with Crippen molar-refractivity contribution in [3.63, 3.8) is 0 Å². The summed E-state index contributed by atoms with van der Waals surface area (Å²) in [7, 11) is 0. The van der Waals surface area contributed by atoms with Crippen LogP contribution in [0.15, 0.2) is 0 Å². The average molecular weight is 288 g/mol. The predicted molar refractivity (Wildman–Crippen MR) is 80.7 cm³/mol. The van der Waals surface area contributed by atoms with Crippen molar-refractivity contribution in [3.05, 3.63) is 0 Å². The maximum Gasteiger partial charge on any atom is 0.305 e. The lowest BCUT2D eigenvalue weighted by atomic mass is 10.0. The highest BCUT2D eigenvalue weighted by molar-refractivity contribution is 5.67. The molecule has 0 aliphatic heterocycles. The molecule has 0 aliphatic rings. The van der Waals surface area contributed by atoms with Crippen LogP contribution >= 0.6 is 0 Å². The zero-order valence-corrected chi connectivity index (χ0v) is 12.9. The molecule has 0 radical (unpaired) electrons. The van der Waals surface area contributed by atoms with E-state index in [2.05, 4.69) is 6.92 Å². The van der Waals surface area contributed by atoms with Crippen LogP contribution in [0.3, 0.4) is 0 Å². The van der Waals surface area contributed by atoms with Gasteiger partial charge in [0.05, 0.1) is 18.6 Å². The number of aliphatic hydroxyl groups excluding tert-OH is 2. The van der Waals surface area contributed by atoms with Gasteiger partial charge in [-0.1, -0.05) is 64.7 Å². The second-order valence-electron chi connectivity index (χ2n) is 5.76. The third-order valence-electron chi connectivity index (χ3n) is 3.60. The van der Waals surface area contributed by atoms with Crippen molar-refractivity contribution in [2.24, 2.45) is 0 Å². The molecule has 0 aromatic rings. The Hall–Kier alpha value is -0.610. The molecule has 0 rings (SSSR count). The van der Waals surface area contributed by atoms with Crippen LogP contribution < -0.4 is 0 Å². The fraction of sp³-hybridized carbons (Fsp3) is 0.938. The number of carbonyl (C=O) groups is 1. The molecule has 120 valence electrons. The quantitative estimate of drug-likeness (QED) is 0.428. The minimum absolute atomic E-state index is 0.170. The number of hydrogen-bond acceptors (Lipinski definition) is 3. The van der Waals surface area contributed by atoms with Gasteiger partial charge in [0.1, 0.15) is 0 Å². The first-order valence-electron chi connectivity index (χ1n) is 8.14. The van der Waals surface area contributed by atoms with Gasteiger partial charge in [-0.15, -0.1) is 0 Å². The highest BCUT2D eigenvalue weighted by Gasteiger charge is 2.14. The van der Waals surface area contributed by atoms with Crippen molar-refractivity contribution in [2.75, 3.05) is 0 Å². The van der Waals surface area contributed by atoms with E-state index in [1.54, 1.807) is 0 Å². The van der Waals surface area contributed by atoms with Gasteiger partial charge >= 0.3 is 5.97 Å². The molecule has 20 heavy (non-hydrogen) atoms. The average Bonchev–Trinajstić information content (AvgIpc) is 2.35. The zero-order chi connectivity index (χ0) is 15.2. The van der Waals surface area contributed by atoms with Gasteiger partial charge in [0.15, 0.2) is 0 Å². The number of carboxylic acid groups (broad SMARTS) is 1. The van der Waals surface area contributed by atoms with Crippen LogP contribution in [0.2, 0.25) is 0 Å². The number of aliphatic carboxylic acids is 1. The summed E-state index contributed by atoms with van der Waals surface area (Å²) in [5, 5.41) is 27.6.